The number of unbranched alkanes of at least 4 members (excludes halogenated alkanes) is 6. The van der Waals surface area contributed by atoms with E-state index in [2.05, 4.69) is 27.4 Å². The predicted molar refractivity (Wildman–Crippen MR) is 115 cm³/mol. The standard InChI is InChI=1S/C25H38O4/c1-5-6-7-8-9-10-11-12-24(28)29-23-14-13-19(3)25(4)16-20(18(2)17-26)22(27)15-21(23)25/h15,17,19-20,23H,2,5-14,16H2,1,3-4H3/t19-,20-,23+,25+/m1/s1. The number of fused-ring (bicyclic) bond motifs is 1. The average molecular weight is 403 g/mol. The van der Waals surface area contributed by atoms with Crippen molar-refractivity contribution in [1.82, 2.24) is 0 Å². The maximum Gasteiger partial charge on any atom is 0.306 e. The molecule has 0 heterocycles. The Labute approximate surface area is 176 Å². The van der Waals surface area contributed by atoms with E-state index in [0.717, 1.165) is 31.3 Å². The largest absolute Gasteiger partial charge is 0.458 e. The summed E-state index contributed by atoms with van der Waals surface area (Å²) in [6, 6.07) is 0. The normalized spacial score (nSPS) is 29.0. The number of allylic oxidation sites excluding steroid dienone is 2. The highest BCUT2D eigenvalue weighted by atomic mass is 16.5. The van der Waals surface area contributed by atoms with Crippen LogP contribution in [0.5, 0.6) is 0 Å². The smallest absolute Gasteiger partial charge is 0.306 e. The molecule has 0 aliphatic heterocycles. The first-order valence-electron chi connectivity index (χ1n) is 11.4. The van der Waals surface area contributed by atoms with Gasteiger partial charge in [-0.1, -0.05) is 65.9 Å². The van der Waals surface area contributed by atoms with E-state index in [1.165, 1.54) is 32.1 Å². The Balaban J connectivity index is 1.94. The van der Waals surface area contributed by atoms with Gasteiger partial charge >= 0.3 is 5.97 Å². The lowest BCUT2D eigenvalue weighted by Crippen LogP contribution is -2.45. The van der Waals surface area contributed by atoms with E-state index in [1.807, 2.05) is 0 Å². The topological polar surface area (TPSA) is 60.4 Å². The van der Waals surface area contributed by atoms with Crippen molar-refractivity contribution in [3.8, 4) is 0 Å². The Morgan fingerprint density at radius 1 is 1.21 bits per heavy atom. The van der Waals surface area contributed by atoms with Gasteiger partial charge in [-0.15, -0.1) is 0 Å². The van der Waals surface area contributed by atoms with Crippen LogP contribution in [0.4, 0.5) is 0 Å². The first-order chi connectivity index (χ1) is 13.8. The van der Waals surface area contributed by atoms with Crippen molar-refractivity contribution in [2.75, 3.05) is 0 Å². The van der Waals surface area contributed by atoms with Gasteiger partial charge in [-0.3, -0.25) is 14.4 Å². The molecule has 2 aliphatic rings. The molecule has 0 radical (unpaired) electrons. The summed E-state index contributed by atoms with van der Waals surface area (Å²) in [4.78, 5) is 36.2. The van der Waals surface area contributed by atoms with Crippen LogP contribution in [0.2, 0.25) is 0 Å². The number of carbonyl (C=O) groups excluding carboxylic acids is 3. The maximum atomic E-state index is 12.6. The molecule has 4 atom stereocenters. The molecule has 0 bridgehead atoms. The minimum atomic E-state index is -0.453. The molecule has 0 spiro atoms. The van der Waals surface area contributed by atoms with E-state index >= 15 is 0 Å². The molecule has 4 heteroatoms. The number of carbonyl (C=O) groups is 3. The number of esters is 1. The molecule has 4 nitrogen and oxygen atoms in total. The van der Waals surface area contributed by atoms with Gasteiger partial charge < -0.3 is 4.74 Å². The summed E-state index contributed by atoms with van der Waals surface area (Å²) in [6.07, 6.45) is 12.9. The Bertz CT molecular complexity index is 647. The number of hydrogen-bond donors (Lipinski definition) is 0. The summed E-state index contributed by atoms with van der Waals surface area (Å²) >= 11 is 0. The van der Waals surface area contributed by atoms with Crippen LogP contribution in [0.1, 0.15) is 91.4 Å². The summed E-state index contributed by atoms with van der Waals surface area (Å²) < 4.78 is 5.84. The van der Waals surface area contributed by atoms with Crippen molar-refractivity contribution in [2.45, 2.75) is 97.5 Å². The van der Waals surface area contributed by atoms with Crippen LogP contribution in [0.15, 0.2) is 23.8 Å². The third-order valence-electron chi connectivity index (χ3n) is 7.08. The van der Waals surface area contributed by atoms with E-state index in [4.69, 9.17) is 4.74 Å². The molecule has 1 saturated carbocycles. The highest BCUT2D eigenvalue weighted by Gasteiger charge is 2.49. The predicted octanol–water partition coefficient (Wildman–Crippen LogP) is 5.75. The summed E-state index contributed by atoms with van der Waals surface area (Å²) in [6.45, 7) is 10.3. The van der Waals surface area contributed by atoms with Crippen molar-refractivity contribution in [2.24, 2.45) is 17.3 Å². The minimum Gasteiger partial charge on any atom is -0.458 e. The number of ether oxygens (including phenoxy) is 1. The number of ketones is 1. The van der Waals surface area contributed by atoms with Gasteiger partial charge in [0.15, 0.2) is 5.78 Å². The van der Waals surface area contributed by atoms with Crippen LogP contribution in [-0.4, -0.2) is 24.1 Å². The van der Waals surface area contributed by atoms with E-state index in [9.17, 15) is 14.4 Å². The second-order valence-electron chi connectivity index (χ2n) is 9.20. The Kier molecular flexibility index (Phi) is 8.85. The van der Waals surface area contributed by atoms with E-state index in [0.29, 0.717) is 30.6 Å². The zero-order valence-electron chi connectivity index (χ0n) is 18.5. The van der Waals surface area contributed by atoms with Gasteiger partial charge in [0.2, 0.25) is 0 Å². The number of rotatable bonds is 11. The molecular weight excluding hydrogens is 364 g/mol. The zero-order valence-corrected chi connectivity index (χ0v) is 18.5. The Hall–Kier alpha value is -1.71. The number of aldehydes is 1. The van der Waals surface area contributed by atoms with Crippen molar-refractivity contribution < 1.29 is 19.1 Å². The summed E-state index contributed by atoms with van der Waals surface area (Å²) in [7, 11) is 0. The van der Waals surface area contributed by atoms with Gasteiger partial charge in [0, 0.05) is 6.42 Å². The fraction of sp³-hybridized carbons (Fsp3) is 0.720. The summed E-state index contributed by atoms with van der Waals surface area (Å²) in [5.74, 6) is -0.335. The van der Waals surface area contributed by atoms with Crippen molar-refractivity contribution in [3.05, 3.63) is 23.8 Å². The third kappa shape index (κ3) is 5.90. The van der Waals surface area contributed by atoms with Crippen molar-refractivity contribution in [3.63, 3.8) is 0 Å². The van der Waals surface area contributed by atoms with E-state index in [-0.39, 0.29) is 23.3 Å². The first-order valence-corrected chi connectivity index (χ1v) is 11.4. The van der Waals surface area contributed by atoms with Gasteiger partial charge in [-0.05, 0) is 54.2 Å². The fourth-order valence-electron chi connectivity index (χ4n) is 4.85. The summed E-state index contributed by atoms with van der Waals surface area (Å²) in [5.41, 5.74) is 1.04. The lowest BCUT2D eigenvalue weighted by Gasteiger charge is -2.49. The molecule has 2 aliphatic carbocycles. The maximum absolute atomic E-state index is 12.6. The molecule has 0 amide bonds. The number of hydrogen-bond acceptors (Lipinski definition) is 4. The quantitative estimate of drug-likeness (QED) is 0.191. The lowest BCUT2D eigenvalue weighted by molar-refractivity contribution is -0.150. The first kappa shape index (κ1) is 23.6. The highest BCUT2D eigenvalue weighted by Crippen LogP contribution is 2.53. The SMILES string of the molecule is C=C(C=O)[C@H]1C[C@]2(C)C(=CC1=O)[C@@H](OC(=O)CCCCCCCCC)CC[C@H]2C. The van der Waals surface area contributed by atoms with Crippen LogP contribution in [0, 0.1) is 17.3 Å². The Morgan fingerprint density at radius 2 is 1.86 bits per heavy atom. The molecule has 0 aromatic heterocycles. The van der Waals surface area contributed by atoms with Crippen LogP contribution in [0.3, 0.4) is 0 Å². The van der Waals surface area contributed by atoms with Gasteiger partial charge in [0.25, 0.3) is 0 Å². The molecule has 0 aromatic rings. The van der Waals surface area contributed by atoms with Crippen LogP contribution < -0.4 is 0 Å². The lowest BCUT2D eigenvalue weighted by atomic mass is 9.57. The van der Waals surface area contributed by atoms with Gasteiger partial charge in [-0.2, -0.15) is 0 Å². The van der Waals surface area contributed by atoms with Gasteiger partial charge in [-0.25, -0.2) is 0 Å². The molecule has 0 aromatic carbocycles. The van der Waals surface area contributed by atoms with Crippen LogP contribution in [-0.2, 0) is 19.1 Å². The van der Waals surface area contributed by atoms with Gasteiger partial charge in [0.1, 0.15) is 12.4 Å². The van der Waals surface area contributed by atoms with Crippen molar-refractivity contribution >= 4 is 18.0 Å². The average Bonchev–Trinajstić information content (AvgIpc) is 2.70. The van der Waals surface area contributed by atoms with Crippen LogP contribution >= 0.6 is 0 Å². The minimum absolute atomic E-state index is 0.0863. The Morgan fingerprint density at radius 3 is 2.52 bits per heavy atom. The zero-order chi connectivity index (χ0) is 21.4. The second kappa shape index (κ2) is 10.9. The monoisotopic (exact) mass is 402 g/mol. The molecule has 0 saturated heterocycles. The van der Waals surface area contributed by atoms with Gasteiger partial charge in [0.05, 0.1) is 5.92 Å². The molecule has 29 heavy (non-hydrogen) atoms. The molecule has 2 rings (SSSR count). The second-order valence-corrected chi connectivity index (χ2v) is 9.20. The highest BCUT2D eigenvalue weighted by molar-refractivity contribution is 5.99. The fourth-order valence-corrected chi connectivity index (χ4v) is 4.85. The third-order valence-corrected chi connectivity index (χ3v) is 7.08. The molecule has 0 N–H and O–H groups in total. The molecule has 162 valence electrons. The van der Waals surface area contributed by atoms with Crippen LogP contribution in [0.25, 0.3) is 0 Å². The summed E-state index contributed by atoms with van der Waals surface area (Å²) in [5, 5.41) is 0. The molecular formula is C25H38O4. The van der Waals surface area contributed by atoms with E-state index < -0.39 is 5.92 Å². The van der Waals surface area contributed by atoms with E-state index in [1.54, 1.807) is 6.08 Å². The molecule has 1 fully saturated rings. The van der Waals surface area contributed by atoms with Crippen molar-refractivity contribution in [1.29, 1.82) is 0 Å². The molecule has 0 unspecified atom stereocenters.